The summed E-state index contributed by atoms with van der Waals surface area (Å²) >= 11 is 0. The van der Waals surface area contributed by atoms with Crippen molar-refractivity contribution in [2.45, 2.75) is 0 Å². The van der Waals surface area contributed by atoms with Crippen LogP contribution in [0.1, 0.15) is 0 Å². The lowest BCUT2D eigenvalue weighted by atomic mass is 9.88. The van der Waals surface area contributed by atoms with Crippen LogP contribution in [-0.4, -0.2) is 4.98 Å². The zero-order valence-corrected chi connectivity index (χ0v) is 22.3. The summed E-state index contributed by atoms with van der Waals surface area (Å²) < 4.78 is 6.47. The molecular formula is C39H25NO. The lowest BCUT2D eigenvalue weighted by Crippen LogP contribution is -1.89. The maximum atomic E-state index is 6.47. The number of nitrogens with zero attached hydrogens (tertiary/aromatic N) is 1. The number of fused-ring (bicyclic) bond motifs is 5. The Kier molecular flexibility index (Phi) is 5.49. The minimum absolute atomic E-state index is 0.643. The Hall–Kier alpha value is -5.47. The molecule has 0 N–H and O–H groups in total. The third-order valence-corrected chi connectivity index (χ3v) is 7.92. The summed E-state index contributed by atoms with van der Waals surface area (Å²) in [4.78, 5) is 4.85. The molecule has 1 aromatic heterocycles. The van der Waals surface area contributed by atoms with Crippen LogP contribution in [0.25, 0.3) is 77.5 Å². The van der Waals surface area contributed by atoms with Crippen molar-refractivity contribution in [1.29, 1.82) is 0 Å². The summed E-state index contributed by atoms with van der Waals surface area (Å²) in [6.07, 6.45) is 0. The molecule has 0 bridgehead atoms. The van der Waals surface area contributed by atoms with E-state index in [1.807, 2.05) is 30.3 Å². The van der Waals surface area contributed by atoms with Gasteiger partial charge in [0.1, 0.15) is 5.52 Å². The number of hydrogen-bond acceptors (Lipinski definition) is 2. The van der Waals surface area contributed by atoms with E-state index in [4.69, 9.17) is 9.40 Å². The van der Waals surface area contributed by atoms with E-state index < -0.39 is 0 Å². The van der Waals surface area contributed by atoms with E-state index in [2.05, 4.69) is 121 Å². The Morgan fingerprint density at radius 3 is 1.66 bits per heavy atom. The fraction of sp³-hybridized carbons (Fsp3) is 0. The molecule has 0 fully saturated rings. The van der Waals surface area contributed by atoms with Gasteiger partial charge in [-0.15, -0.1) is 0 Å². The average Bonchev–Trinajstić information content (AvgIpc) is 3.50. The van der Waals surface area contributed by atoms with Gasteiger partial charge in [-0.1, -0.05) is 127 Å². The van der Waals surface area contributed by atoms with Gasteiger partial charge in [0.2, 0.25) is 5.89 Å². The Balaban J connectivity index is 1.35. The molecule has 0 saturated carbocycles. The molecule has 0 radical (unpaired) electrons. The fourth-order valence-electron chi connectivity index (χ4n) is 5.95. The smallest absolute Gasteiger partial charge is 0.227 e. The molecule has 0 spiro atoms. The van der Waals surface area contributed by atoms with Gasteiger partial charge in [0.25, 0.3) is 0 Å². The molecule has 8 aromatic rings. The summed E-state index contributed by atoms with van der Waals surface area (Å²) in [5.74, 6) is 0.643. The molecule has 2 heteroatoms. The van der Waals surface area contributed by atoms with Crippen LogP contribution in [-0.2, 0) is 0 Å². The molecule has 0 atom stereocenters. The van der Waals surface area contributed by atoms with Crippen molar-refractivity contribution in [3.05, 3.63) is 152 Å². The first-order valence-corrected chi connectivity index (χ1v) is 13.9. The van der Waals surface area contributed by atoms with E-state index >= 15 is 0 Å². The van der Waals surface area contributed by atoms with Crippen molar-refractivity contribution in [3.63, 3.8) is 0 Å². The lowest BCUT2D eigenvalue weighted by molar-refractivity contribution is 0.623. The summed E-state index contributed by atoms with van der Waals surface area (Å²) in [6, 6.07) is 53.4. The van der Waals surface area contributed by atoms with Crippen LogP contribution in [0.4, 0.5) is 0 Å². The Labute approximate surface area is 238 Å². The molecule has 1 heterocycles. The highest BCUT2D eigenvalue weighted by Crippen LogP contribution is 2.41. The Morgan fingerprint density at radius 1 is 0.415 bits per heavy atom. The number of rotatable bonds is 4. The predicted octanol–water partition coefficient (Wildman–Crippen LogP) is 10.8. The van der Waals surface area contributed by atoms with E-state index in [-0.39, 0.29) is 0 Å². The quantitative estimate of drug-likeness (QED) is 0.214. The van der Waals surface area contributed by atoms with Crippen LogP contribution in [0, 0.1) is 0 Å². The first-order chi connectivity index (χ1) is 20.3. The topological polar surface area (TPSA) is 26.0 Å². The van der Waals surface area contributed by atoms with Crippen LogP contribution in [0.5, 0.6) is 0 Å². The third-order valence-electron chi connectivity index (χ3n) is 7.92. The molecule has 7 aromatic carbocycles. The third kappa shape index (κ3) is 4.00. The SMILES string of the molecule is c1ccc(-c2nc3ccc4ccc5ccc(-c6ccccc6-c6ccccc6-c6ccccc6)cc5c4c3o2)cc1. The molecule has 2 nitrogen and oxygen atoms in total. The standard InChI is InChI=1S/C39H25NO/c1-3-11-26(12-4-1)31-15-7-9-17-33(31)34-18-10-8-16-32(34)30-22-20-27-19-21-28-23-24-36-38(37(28)35(27)25-30)41-39(40-36)29-13-5-2-6-14-29/h1-25H. The summed E-state index contributed by atoms with van der Waals surface area (Å²) in [7, 11) is 0. The van der Waals surface area contributed by atoms with Crippen LogP contribution < -0.4 is 0 Å². The maximum Gasteiger partial charge on any atom is 0.227 e. The molecular weight excluding hydrogens is 498 g/mol. The maximum absolute atomic E-state index is 6.47. The van der Waals surface area contributed by atoms with Gasteiger partial charge < -0.3 is 4.42 Å². The molecule has 0 saturated heterocycles. The van der Waals surface area contributed by atoms with E-state index in [9.17, 15) is 0 Å². The van der Waals surface area contributed by atoms with Crippen molar-refractivity contribution in [2.24, 2.45) is 0 Å². The second-order valence-electron chi connectivity index (χ2n) is 10.4. The Bertz CT molecular complexity index is 2190. The summed E-state index contributed by atoms with van der Waals surface area (Å²) in [6.45, 7) is 0. The summed E-state index contributed by atoms with van der Waals surface area (Å²) in [5, 5.41) is 4.57. The lowest BCUT2D eigenvalue weighted by Gasteiger charge is -2.15. The van der Waals surface area contributed by atoms with Gasteiger partial charge in [0.05, 0.1) is 0 Å². The van der Waals surface area contributed by atoms with Gasteiger partial charge in [-0.3, -0.25) is 0 Å². The van der Waals surface area contributed by atoms with Crippen LogP contribution in [0.2, 0.25) is 0 Å². The average molecular weight is 524 g/mol. The first kappa shape index (κ1) is 23.4. The van der Waals surface area contributed by atoms with Gasteiger partial charge >= 0.3 is 0 Å². The summed E-state index contributed by atoms with van der Waals surface area (Å²) in [5.41, 5.74) is 9.91. The predicted molar refractivity (Wildman–Crippen MR) is 171 cm³/mol. The second kappa shape index (κ2) is 9.62. The van der Waals surface area contributed by atoms with Crippen molar-refractivity contribution in [3.8, 4) is 44.8 Å². The molecule has 192 valence electrons. The van der Waals surface area contributed by atoms with E-state index in [1.54, 1.807) is 0 Å². The van der Waals surface area contributed by atoms with Gasteiger partial charge in [0, 0.05) is 10.9 Å². The van der Waals surface area contributed by atoms with Gasteiger partial charge in [0.15, 0.2) is 5.58 Å². The van der Waals surface area contributed by atoms with E-state index in [1.165, 1.54) is 38.8 Å². The van der Waals surface area contributed by atoms with Crippen LogP contribution >= 0.6 is 0 Å². The van der Waals surface area contributed by atoms with Crippen molar-refractivity contribution < 1.29 is 4.42 Å². The highest BCUT2D eigenvalue weighted by molar-refractivity contribution is 6.18. The first-order valence-electron chi connectivity index (χ1n) is 13.9. The number of benzene rings is 7. The molecule has 0 aliphatic rings. The zero-order valence-electron chi connectivity index (χ0n) is 22.3. The second-order valence-corrected chi connectivity index (χ2v) is 10.4. The molecule has 8 rings (SSSR count). The van der Waals surface area contributed by atoms with Gasteiger partial charge in [-0.2, -0.15) is 0 Å². The number of oxazole rings is 1. The molecule has 0 aliphatic carbocycles. The largest absolute Gasteiger partial charge is 0.435 e. The van der Waals surface area contributed by atoms with Crippen LogP contribution in [0.3, 0.4) is 0 Å². The zero-order chi connectivity index (χ0) is 27.2. The van der Waals surface area contributed by atoms with Crippen molar-refractivity contribution in [1.82, 2.24) is 4.98 Å². The minimum atomic E-state index is 0.643. The van der Waals surface area contributed by atoms with Gasteiger partial charge in [-0.05, 0) is 73.8 Å². The van der Waals surface area contributed by atoms with E-state index in [0.29, 0.717) is 5.89 Å². The fourth-order valence-corrected chi connectivity index (χ4v) is 5.95. The normalized spacial score (nSPS) is 11.4. The number of hydrogen-bond donors (Lipinski definition) is 0. The Morgan fingerprint density at radius 2 is 0.951 bits per heavy atom. The molecule has 0 amide bonds. The molecule has 0 aliphatic heterocycles. The van der Waals surface area contributed by atoms with Crippen molar-refractivity contribution in [2.75, 3.05) is 0 Å². The van der Waals surface area contributed by atoms with Crippen LogP contribution in [0.15, 0.2) is 156 Å². The van der Waals surface area contributed by atoms with E-state index in [0.717, 1.165) is 32.8 Å². The molecule has 41 heavy (non-hydrogen) atoms. The highest BCUT2D eigenvalue weighted by atomic mass is 16.3. The van der Waals surface area contributed by atoms with Crippen molar-refractivity contribution >= 4 is 32.6 Å². The minimum Gasteiger partial charge on any atom is -0.435 e. The van der Waals surface area contributed by atoms with Gasteiger partial charge in [-0.25, -0.2) is 4.98 Å². The highest BCUT2D eigenvalue weighted by Gasteiger charge is 2.16. The molecule has 0 unspecified atom stereocenters. The monoisotopic (exact) mass is 523 g/mol. The number of aromatic nitrogens is 1.